The van der Waals surface area contributed by atoms with Gasteiger partial charge in [-0.1, -0.05) is 60.7 Å². The van der Waals surface area contributed by atoms with E-state index in [2.05, 4.69) is 57.9 Å². The molecule has 0 aliphatic carbocycles. The molecule has 0 spiro atoms. The van der Waals surface area contributed by atoms with E-state index in [0.717, 1.165) is 56.1 Å². The Labute approximate surface area is 188 Å². The van der Waals surface area contributed by atoms with Crippen molar-refractivity contribution in [3.63, 3.8) is 0 Å². The molecule has 0 bridgehead atoms. The fourth-order valence-corrected chi connectivity index (χ4v) is 4.75. The van der Waals surface area contributed by atoms with Crippen molar-refractivity contribution in [3.05, 3.63) is 77.6 Å². The number of carbonyl (C=O) groups excluding carboxylic acids is 1. The van der Waals surface area contributed by atoms with Crippen LogP contribution in [0.4, 0.5) is 5.13 Å². The first-order chi connectivity index (χ1) is 15.2. The lowest BCUT2D eigenvalue weighted by atomic mass is 9.95. The van der Waals surface area contributed by atoms with Gasteiger partial charge in [0.1, 0.15) is 5.82 Å². The predicted octanol–water partition coefficient (Wildman–Crippen LogP) is 4.48. The zero-order chi connectivity index (χ0) is 21.5. The monoisotopic (exact) mass is 434 g/mol. The maximum atomic E-state index is 12.7. The second-order valence-electron chi connectivity index (χ2n) is 8.35. The molecule has 0 radical (unpaired) electrons. The number of nitrogens with zero attached hydrogens (tertiary/aromatic N) is 3. The SMILES string of the molecule is CC(CCc1ccccc1)NC(=O)C1CCN(c2nc(Cc3ccccc3)ns2)CC1. The van der Waals surface area contributed by atoms with Gasteiger partial charge in [-0.2, -0.15) is 4.37 Å². The van der Waals surface area contributed by atoms with Crippen LogP contribution < -0.4 is 10.2 Å². The fourth-order valence-electron chi connectivity index (χ4n) is 4.02. The number of nitrogens with one attached hydrogen (secondary N) is 1. The van der Waals surface area contributed by atoms with Crippen LogP contribution in [0, 0.1) is 5.92 Å². The van der Waals surface area contributed by atoms with Gasteiger partial charge < -0.3 is 10.2 Å². The van der Waals surface area contributed by atoms with Crippen molar-refractivity contribution in [1.82, 2.24) is 14.7 Å². The maximum absolute atomic E-state index is 12.7. The average molecular weight is 435 g/mol. The van der Waals surface area contributed by atoms with E-state index >= 15 is 0 Å². The van der Waals surface area contributed by atoms with E-state index < -0.39 is 0 Å². The summed E-state index contributed by atoms with van der Waals surface area (Å²) in [6, 6.07) is 20.9. The Bertz CT molecular complexity index is 952. The minimum Gasteiger partial charge on any atom is -0.353 e. The minimum atomic E-state index is 0.0899. The van der Waals surface area contributed by atoms with Gasteiger partial charge in [-0.05, 0) is 43.7 Å². The van der Waals surface area contributed by atoms with E-state index in [1.54, 1.807) is 0 Å². The van der Waals surface area contributed by atoms with E-state index in [1.165, 1.54) is 22.7 Å². The quantitative estimate of drug-likeness (QED) is 0.568. The Morgan fingerprint density at radius 2 is 1.71 bits per heavy atom. The highest BCUT2D eigenvalue weighted by atomic mass is 32.1. The Balaban J connectivity index is 1.21. The summed E-state index contributed by atoms with van der Waals surface area (Å²) < 4.78 is 4.54. The number of aromatic nitrogens is 2. The summed E-state index contributed by atoms with van der Waals surface area (Å²) in [6.07, 6.45) is 4.44. The molecule has 1 saturated heterocycles. The average Bonchev–Trinajstić information content (AvgIpc) is 3.27. The molecule has 1 unspecified atom stereocenters. The Kier molecular flexibility index (Phi) is 7.30. The van der Waals surface area contributed by atoms with Gasteiger partial charge in [0.15, 0.2) is 0 Å². The highest BCUT2D eigenvalue weighted by Crippen LogP contribution is 2.25. The molecule has 5 nitrogen and oxygen atoms in total. The number of rotatable bonds is 8. The molecule has 2 aromatic carbocycles. The lowest BCUT2D eigenvalue weighted by molar-refractivity contribution is -0.126. The van der Waals surface area contributed by atoms with Crippen molar-refractivity contribution in [1.29, 1.82) is 0 Å². The predicted molar refractivity (Wildman–Crippen MR) is 126 cm³/mol. The van der Waals surface area contributed by atoms with E-state index in [9.17, 15) is 4.79 Å². The summed E-state index contributed by atoms with van der Waals surface area (Å²) in [4.78, 5) is 19.7. The third kappa shape index (κ3) is 6.14. The standard InChI is InChI=1S/C25H30N4OS/c1-19(12-13-20-8-4-2-5-9-20)26-24(30)22-14-16-29(17-15-22)25-27-23(28-31-25)18-21-10-6-3-7-11-21/h2-11,19,22H,12-18H2,1H3,(H,26,30). The molecule has 3 aromatic rings. The number of amides is 1. The topological polar surface area (TPSA) is 58.1 Å². The van der Waals surface area contributed by atoms with Crippen molar-refractivity contribution < 1.29 is 4.79 Å². The summed E-state index contributed by atoms with van der Waals surface area (Å²) >= 11 is 1.46. The van der Waals surface area contributed by atoms with Crippen LogP contribution in [-0.4, -0.2) is 34.4 Å². The smallest absolute Gasteiger partial charge is 0.223 e. The molecule has 1 aromatic heterocycles. The second kappa shape index (κ2) is 10.5. The molecule has 1 fully saturated rings. The maximum Gasteiger partial charge on any atom is 0.223 e. The largest absolute Gasteiger partial charge is 0.353 e. The Morgan fingerprint density at radius 3 is 2.39 bits per heavy atom. The van der Waals surface area contributed by atoms with Gasteiger partial charge in [0, 0.05) is 43.0 Å². The normalized spacial score (nSPS) is 15.6. The molecule has 2 heterocycles. The van der Waals surface area contributed by atoms with E-state index in [4.69, 9.17) is 4.98 Å². The molecule has 1 aliphatic heterocycles. The molecule has 162 valence electrons. The van der Waals surface area contributed by atoms with Gasteiger partial charge in [0.25, 0.3) is 0 Å². The molecule has 4 rings (SSSR count). The molecule has 31 heavy (non-hydrogen) atoms. The van der Waals surface area contributed by atoms with Gasteiger partial charge in [-0.25, -0.2) is 4.98 Å². The van der Waals surface area contributed by atoms with Gasteiger partial charge in [-0.15, -0.1) is 0 Å². The van der Waals surface area contributed by atoms with E-state index in [-0.39, 0.29) is 17.9 Å². The van der Waals surface area contributed by atoms with Crippen molar-refractivity contribution in [2.45, 2.75) is 45.1 Å². The molecular formula is C25H30N4OS. The van der Waals surface area contributed by atoms with Crippen molar-refractivity contribution in [3.8, 4) is 0 Å². The van der Waals surface area contributed by atoms with Crippen LogP contribution in [0.5, 0.6) is 0 Å². The zero-order valence-electron chi connectivity index (χ0n) is 18.0. The summed E-state index contributed by atoms with van der Waals surface area (Å²) in [5.74, 6) is 1.16. The molecule has 1 N–H and O–H groups in total. The van der Waals surface area contributed by atoms with Crippen LogP contribution in [0.1, 0.15) is 43.1 Å². The van der Waals surface area contributed by atoms with Crippen LogP contribution in [0.15, 0.2) is 60.7 Å². The molecule has 1 atom stereocenters. The summed E-state index contributed by atoms with van der Waals surface area (Å²) in [5, 5.41) is 4.20. The molecule has 1 amide bonds. The summed E-state index contributed by atoms with van der Waals surface area (Å²) in [7, 11) is 0. The fraction of sp³-hybridized carbons (Fsp3) is 0.400. The molecule has 0 saturated carbocycles. The number of aryl methyl sites for hydroxylation is 1. The van der Waals surface area contributed by atoms with Crippen LogP contribution in [-0.2, 0) is 17.6 Å². The first kappa shape index (κ1) is 21.5. The van der Waals surface area contributed by atoms with Crippen molar-refractivity contribution in [2.75, 3.05) is 18.0 Å². The third-order valence-electron chi connectivity index (χ3n) is 5.90. The minimum absolute atomic E-state index is 0.0899. The number of anilines is 1. The second-order valence-corrected chi connectivity index (χ2v) is 9.08. The summed E-state index contributed by atoms with van der Waals surface area (Å²) in [5.41, 5.74) is 2.55. The number of benzene rings is 2. The molecular weight excluding hydrogens is 404 g/mol. The van der Waals surface area contributed by atoms with E-state index in [1.807, 2.05) is 24.3 Å². The highest BCUT2D eigenvalue weighted by molar-refractivity contribution is 7.09. The van der Waals surface area contributed by atoms with Crippen LogP contribution in [0.2, 0.25) is 0 Å². The van der Waals surface area contributed by atoms with Gasteiger partial charge in [0.2, 0.25) is 11.0 Å². The number of carbonyl (C=O) groups is 1. The number of hydrogen-bond acceptors (Lipinski definition) is 5. The van der Waals surface area contributed by atoms with Gasteiger partial charge in [-0.3, -0.25) is 4.79 Å². The van der Waals surface area contributed by atoms with Crippen LogP contribution >= 0.6 is 11.5 Å². The van der Waals surface area contributed by atoms with E-state index in [0.29, 0.717) is 0 Å². The third-order valence-corrected chi connectivity index (χ3v) is 6.71. The Morgan fingerprint density at radius 1 is 1.06 bits per heavy atom. The van der Waals surface area contributed by atoms with Gasteiger partial charge in [0.05, 0.1) is 0 Å². The molecule has 1 aliphatic rings. The number of hydrogen-bond donors (Lipinski definition) is 1. The van der Waals surface area contributed by atoms with Crippen LogP contribution in [0.25, 0.3) is 0 Å². The van der Waals surface area contributed by atoms with Crippen molar-refractivity contribution >= 4 is 22.6 Å². The lowest BCUT2D eigenvalue weighted by Gasteiger charge is -2.31. The van der Waals surface area contributed by atoms with Crippen LogP contribution in [0.3, 0.4) is 0 Å². The number of piperidine rings is 1. The Hall–Kier alpha value is -2.73. The van der Waals surface area contributed by atoms with Crippen molar-refractivity contribution in [2.24, 2.45) is 5.92 Å². The first-order valence-electron chi connectivity index (χ1n) is 11.1. The molecule has 6 heteroatoms. The highest BCUT2D eigenvalue weighted by Gasteiger charge is 2.27. The summed E-state index contributed by atoms with van der Waals surface area (Å²) in [6.45, 7) is 3.82. The zero-order valence-corrected chi connectivity index (χ0v) is 18.9. The van der Waals surface area contributed by atoms with Gasteiger partial charge >= 0.3 is 0 Å². The lowest BCUT2D eigenvalue weighted by Crippen LogP contribution is -2.43. The first-order valence-corrected chi connectivity index (χ1v) is 11.9.